The number of carbonyl (C=O) groups is 5. The lowest BCUT2D eigenvalue weighted by Gasteiger charge is -2.36. The summed E-state index contributed by atoms with van der Waals surface area (Å²) in [4.78, 5) is 93.4. The zero-order valence-corrected chi connectivity index (χ0v) is 39.6. The summed E-state index contributed by atoms with van der Waals surface area (Å²) in [7, 11) is -5.11. The van der Waals surface area contributed by atoms with Gasteiger partial charge in [0.1, 0.15) is 28.6 Å². The third-order valence-electron chi connectivity index (χ3n) is 8.47. The molecule has 65 heavy (non-hydrogen) atoms. The van der Waals surface area contributed by atoms with Gasteiger partial charge in [-0.05, 0) is 68.2 Å². The summed E-state index contributed by atoms with van der Waals surface area (Å²) in [5.41, 5.74) is -5.31. The van der Waals surface area contributed by atoms with E-state index >= 15 is 0 Å². The Morgan fingerprint density at radius 2 is 1.60 bits per heavy atom. The van der Waals surface area contributed by atoms with Crippen molar-refractivity contribution in [3.05, 3.63) is 46.5 Å². The molecule has 0 unspecified atom stereocenters. The zero-order chi connectivity index (χ0) is 48.5. The highest BCUT2D eigenvalue weighted by atomic mass is 32.2. The number of hydrogen-bond donors (Lipinski definition) is 3. The molecule has 3 N–H and O–H groups in total. The van der Waals surface area contributed by atoms with Crippen LogP contribution in [0.3, 0.4) is 0 Å². The van der Waals surface area contributed by atoms with Gasteiger partial charge in [0.15, 0.2) is 28.2 Å². The highest BCUT2D eigenvalue weighted by Crippen LogP contribution is 2.31. The topological polar surface area (TPSA) is 283 Å². The number of allylic oxidation sites excluding steroid dienone is 1. The first-order valence-electron chi connectivity index (χ1n) is 20.5. The first-order chi connectivity index (χ1) is 30.3. The molecule has 0 spiro atoms. The minimum atomic E-state index is -5.11. The molecule has 0 aliphatic carbocycles. The first kappa shape index (κ1) is 51.3. The summed E-state index contributed by atoms with van der Waals surface area (Å²) in [5.74, 6) is -2.51. The zero-order valence-electron chi connectivity index (χ0n) is 38.0. The predicted molar refractivity (Wildman–Crippen MR) is 237 cm³/mol. The van der Waals surface area contributed by atoms with Gasteiger partial charge >= 0.3 is 34.0 Å². The number of unbranched alkanes of at least 4 members (excludes halogenated alkanes) is 2. The van der Waals surface area contributed by atoms with Crippen molar-refractivity contribution in [3.63, 3.8) is 0 Å². The molecule has 0 bridgehead atoms. The van der Waals surface area contributed by atoms with Crippen molar-refractivity contribution in [1.82, 2.24) is 38.7 Å². The maximum atomic E-state index is 13.7. The molecule has 0 saturated carbocycles. The quantitative estimate of drug-likeness (QED) is 0.0359. The van der Waals surface area contributed by atoms with Crippen LogP contribution in [0, 0.1) is 0 Å². The maximum Gasteiger partial charge on any atom is 0.413 e. The van der Waals surface area contributed by atoms with Crippen molar-refractivity contribution >= 4 is 62.3 Å². The van der Waals surface area contributed by atoms with Crippen LogP contribution in [0.4, 0.5) is 14.7 Å². The van der Waals surface area contributed by atoms with Crippen LogP contribution in [0.15, 0.2) is 40.2 Å². The average Bonchev–Trinajstić information content (AvgIpc) is 3.79. The van der Waals surface area contributed by atoms with Crippen molar-refractivity contribution in [1.29, 1.82) is 0 Å². The number of esters is 1. The Morgan fingerprint density at radius 3 is 2.18 bits per heavy atom. The number of urea groups is 1. The highest BCUT2D eigenvalue weighted by molar-refractivity contribution is 7.88. The normalized spacial score (nSPS) is 14.5. The molecule has 5 amide bonds. The standard InChI is InChI=1S/C40H56N10O13S2/c1-12-15-18-59-27-20-24(41-21-28(27)60-19-16-13-2)30-45-50(37(56)48(30)17-14-3)65(57,58)47-35(54)49-22-25(32(49)52)42-31(51)29(46-63-40(10,11)33(53)61-38(4,5)6)26-23-64-34(43-26)44-36(55)62-39(7,8)9/h14,20-21,23,25H,3,12-13,15-19,22H2,1-2,4-11H3,(H,42,51)(H,47,54)(H,43,44,55)/b46-29-/t25-/m0/s1. The lowest BCUT2D eigenvalue weighted by molar-refractivity contribution is -0.179. The minimum Gasteiger partial charge on any atom is -0.490 e. The number of anilines is 1. The number of imide groups is 1. The molecule has 0 radical (unpaired) electrons. The number of likely N-dealkylation sites (tertiary alicyclic amines) is 1. The van der Waals surface area contributed by atoms with E-state index in [9.17, 15) is 37.2 Å². The number of aromatic nitrogens is 5. The average molecular weight is 949 g/mol. The van der Waals surface area contributed by atoms with Crippen molar-refractivity contribution < 1.29 is 56.2 Å². The number of hydrogen-bond acceptors (Lipinski definition) is 18. The molecule has 356 valence electrons. The molecule has 3 aromatic heterocycles. The fourth-order valence-electron chi connectivity index (χ4n) is 5.22. The fourth-order valence-corrected chi connectivity index (χ4v) is 6.81. The second-order valence-electron chi connectivity index (χ2n) is 16.9. The van der Waals surface area contributed by atoms with Gasteiger partial charge in [0.25, 0.3) is 11.8 Å². The van der Waals surface area contributed by atoms with Crippen LogP contribution in [0.5, 0.6) is 11.5 Å². The van der Waals surface area contributed by atoms with Gasteiger partial charge in [0, 0.05) is 18.0 Å². The molecular formula is C40H56N10O13S2. The molecule has 25 heteroatoms. The molecular weight excluding hydrogens is 893 g/mol. The van der Waals surface area contributed by atoms with E-state index in [2.05, 4.69) is 37.4 Å². The Hall–Kier alpha value is -6.37. The number of oxime groups is 1. The SMILES string of the molecule is C=CCn1c(-c2cc(OCCCC)c(OCCCC)cn2)nn(S(=O)(=O)NC(=O)N2C[C@H](NC(=O)/C(=N\OC(C)(C)C(=O)OC(C)(C)C)c3csc(NC(=O)OC(C)(C)C)n3)C2=O)c1=O. The van der Waals surface area contributed by atoms with Crippen LogP contribution in [0.1, 0.15) is 101 Å². The van der Waals surface area contributed by atoms with E-state index in [1.165, 1.54) is 37.6 Å². The van der Waals surface area contributed by atoms with Crippen LogP contribution >= 0.6 is 11.3 Å². The summed E-state index contributed by atoms with van der Waals surface area (Å²) in [6.45, 7) is 20.2. The summed E-state index contributed by atoms with van der Waals surface area (Å²) in [5, 5.41) is 14.0. The molecule has 4 heterocycles. The number of ether oxygens (including phenoxy) is 4. The van der Waals surface area contributed by atoms with E-state index in [0.717, 1.165) is 41.6 Å². The molecule has 1 saturated heterocycles. The maximum absolute atomic E-state index is 13.7. The molecule has 1 fully saturated rings. The van der Waals surface area contributed by atoms with Gasteiger partial charge in [-0.15, -0.1) is 23.0 Å². The van der Waals surface area contributed by atoms with E-state index < -0.39 is 80.9 Å². The number of amides is 5. The highest BCUT2D eigenvalue weighted by Gasteiger charge is 2.44. The molecule has 3 aromatic rings. The Kier molecular flexibility index (Phi) is 16.6. The van der Waals surface area contributed by atoms with Crippen molar-refractivity contribution in [3.8, 4) is 23.0 Å². The molecule has 23 nitrogen and oxygen atoms in total. The Morgan fingerprint density at radius 1 is 0.969 bits per heavy atom. The number of carbonyl (C=O) groups excluding carboxylic acids is 5. The van der Waals surface area contributed by atoms with E-state index in [0.29, 0.717) is 29.6 Å². The fraction of sp³-hybridized carbons (Fsp3) is 0.550. The second-order valence-corrected chi connectivity index (χ2v) is 19.2. The number of β-lactam (4-membered cyclic amide) rings is 1. The molecule has 1 aliphatic heterocycles. The molecule has 1 atom stereocenters. The second kappa shape index (κ2) is 21.1. The summed E-state index contributed by atoms with van der Waals surface area (Å²) in [6.07, 6.45) is 5.11. The number of pyridine rings is 1. The summed E-state index contributed by atoms with van der Waals surface area (Å²) in [6, 6.07) is -1.40. The molecule has 4 rings (SSSR count). The van der Waals surface area contributed by atoms with Gasteiger partial charge in [0.2, 0.25) is 5.60 Å². The van der Waals surface area contributed by atoms with Gasteiger partial charge in [-0.1, -0.05) is 42.0 Å². The lowest BCUT2D eigenvalue weighted by atomic mass is 10.1. The van der Waals surface area contributed by atoms with Gasteiger partial charge < -0.3 is 29.1 Å². The van der Waals surface area contributed by atoms with Crippen LogP contribution in [0.2, 0.25) is 0 Å². The first-order valence-corrected chi connectivity index (χ1v) is 22.8. The Balaban J connectivity index is 1.54. The van der Waals surface area contributed by atoms with Crippen molar-refractivity contribution in [2.75, 3.05) is 25.1 Å². The Labute approximate surface area is 380 Å². The number of rotatable bonds is 20. The van der Waals surface area contributed by atoms with Gasteiger partial charge in [-0.2, -0.15) is 8.42 Å². The van der Waals surface area contributed by atoms with E-state index in [1.807, 2.05) is 13.8 Å². The van der Waals surface area contributed by atoms with Crippen LogP contribution < -0.4 is 30.5 Å². The van der Waals surface area contributed by atoms with Crippen molar-refractivity contribution in [2.45, 2.75) is 124 Å². The summed E-state index contributed by atoms with van der Waals surface area (Å²) < 4.78 is 52.1. The number of thiazole rings is 1. The molecule has 1 aliphatic rings. The van der Waals surface area contributed by atoms with Gasteiger partial charge in [0.05, 0.1) is 26.0 Å². The predicted octanol–water partition coefficient (Wildman–Crippen LogP) is 4.12. The number of nitrogens with zero attached hydrogens (tertiary/aromatic N) is 7. The van der Waals surface area contributed by atoms with E-state index in [-0.39, 0.29) is 33.0 Å². The smallest absolute Gasteiger partial charge is 0.413 e. The molecule has 0 aromatic carbocycles. The number of nitrogens with one attached hydrogen (secondary N) is 3. The lowest BCUT2D eigenvalue weighted by Crippen LogP contribution is -2.68. The van der Waals surface area contributed by atoms with Crippen molar-refractivity contribution in [2.24, 2.45) is 5.16 Å². The Bertz CT molecular complexity index is 2460. The summed E-state index contributed by atoms with van der Waals surface area (Å²) >= 11 is 0.890. The van der Waals surface area contributed by atoms with E-state index in [4.69, 9.17) is 23.8 Å². The third kappa shape index (κ3) is 13.8. The van der Waals surface area contributed by atoms with Crippen LogP contribution in [-0.2, 0) is 45.4 Å². The van der Waals surface area contributed by atoms with E-state index in [1.54, 1.807) is 46.3 Å². The largest absolute Gasteiger partial charge is 0.490 e. The van der Waals surface area contributed by atoms with Gasteiger partial charge in [-0.3, -0.25) is 24.4 Å². The third-order valence-corrected chi connectivity index (χ3v) is 10.4. The van der Waals surface area contributed by atoms with Gasteiger partial charge in [-0.25, -0.2) is 33.9 Å². The minimum absolute atomic E-state index is 0.00627. The van der Waals surface area contributed by atoms with Crippen LogP contribution in [0.25, 0.3) is 11.5 Å². The monoisotopic (exact) mass is 948 g/mol. The van der Waals surface area contributed by atoms with Crippen LogP contribution in [-0.4, -0.2) is 115 Å².